The third-order valence-corrected chi connectivity index (χ3v) is 2.46. The molecule has 0 radical (unpaired) electrons. The average molecular weight is 216 g/mol. The minimum atomic E-state index is -0.212. The minimum Gasteiger partial charge on any atom is -0.507 e. The van der Waals surface area contributed by atoms with Crippen LogP contribution in [-0.2, 0) is 0 Å². The van der Waals surface area contributed by atoms with Crippen molar-refractivity contribution >= 4 is 23.3 Å². The van der Waals surface area contributed by atoms with Crippen LogP contribution in [-0.4, -0.2) is 22.8 Å². The molecule has 0 amide bonds. The third kappa shape index (κ3) is 1.32. The number of carbonyl (C=O) groups excluding carboxylic acids is 2. The van der Waals surface area contributed by atoms with E-state index >= 15 is 0 Å². The minimum absolute atomic E-state index is 0.00972. The van der Waals surface area contributed by atoms with E-state index in [2.05, 4.69) is 0 Å². The van der Waals surface area contributed by atoms with Crippen LogP contribution in [0.15, 0.2) is 24.3 Å². The molecule has 80 valence electrons. The summed E-state index contributed by atoms with van der Waals surface area (Å²) in [5, 5.41) is 19.9. The van der Waals surface area contributed by atoms with Gasteiger partial charge >= 0.3 is 0 Å². The van der Waals surface area contributed by atoms with E-state index < -0.39 is 0 Å². The van der Waals surface area contributed by atoms with Crippen molar-refractivity contribution in [1.29, 1.82) is 0 Å². The molecule has 0 spiro atoms. The van der Waals surface area contributed by atoms with Gasteiger partial charge in [-0.3, -0.25) is 9.59 Å². The Balaban J connectivity index is 3.04. The lowest BCUT2D eigenvalue weighted by Crippen LogP contribution is -1.91. The maximum Gasteiger partial charge on any atom is 0.154 e. The molecule has 4 heteroatoms. The van der Waals surface area contributed by atoms with Crippen molar-refractivity contribution < 1.29 is 19.8 Å². The van der Waals surface area contributed by atoms with Crippen LogP contribution in [0.3, 0.4) is 0 Å². The number of phenols is 2. The molecule has 0 atom stereocenters. The molecule has 0 aliphatic carbocycles. The van der Waals surface area contributed by atoms with Crippen LogP contribution in [0.4, 0.5) is 0 Å². The van der Waals surface area contributed by atoms with Crippen LogP contribution in [0.25, 0.3) is 10.8 Å². The Labute approximate surface area is 90.8 Å². The molecule has 16 heavy (non-hydrogen) atoms. The Hall–Kier alpha value is -2.36. The van der Waals surface area contributed by atoms with Crippen LogP contribution >= 0.6 is 0 Å². The number of aldehydes is 2. The van der Waals surface area contributed by atoms with E-state index in [9.17, 15) is 19.8 Å². The van der Waals surface area contributed by atoms with Gasteiger partial charge in [0.15, 0.2) is 12.6 Å². The summed E-state index contributed by atoms with van der Waals surface area (Å²) in [6.07, 6.45) is 0.925. The molecule has 0 unspecified atom stereocenters. The largest absolute Gasteiger partial charge is 0.507 e. The van der Waals surface area contributed by atoms with Gasteiger partial charge < -0.3 is 10.2 Å². The zero-order chi connectivity index (χ0) is 11.7. The Morgan fingerprint density at radius 2 is 1.25 bits per heavy atom. The highest BCUT2D eigenvalue weighted by Crippen LogP contribution is 2.32. The summed E-state index contributed by atoms with van der Waals surface area (Å²) in [4.78, 5) is 21.7. The number of rotatable bonds is 2. The van der Waals surface area contributed by atoms with Gasteiger partial charge in [0.1, 0.15) is 11.5 Å². The molecular formula is C12H8O4. The predicted molar refractivity (Wildman–Crippen MR) is 58.1 cm³/mol. The SMILES string of the molecule is O=Cc1c(O)ccc2ccc(O)c(C=O)c12. The fourth-order valence-electron chi connectivity index (χ4n) is 1.69. The van der Waals surface area contributed by atoms with E-state index in [-0.39, 0.29) is 28.0 Å². The normalized spacial score (nSPS) is 10.2. The van der Waals surface area contributed by atoms with E-state index in [1.807, 2.05) is 0 Å². The maximum absolute atomic E-state index is 10.9. The number of fused-ring (bicyclic) bond motifs is 1. The van der Waals surface area contributed by atoms with Crippen molar-refractivity contribution in [3.63, 3.8) is 0 Å². The van der Waals surface area contributed by atoms with Gasteiger partial charge in [0.05, 0.1) is 11.1 Å². The highest BCUT2D eigenvalue weighted by Gasteiger charge is 2.12. The predicted octanol–water partition coefficient (Wildman–Crippen LogP) is 1.88. The van der Waals surface area contributed by atoms with Gasteiger partial charge in [0, 0.05) is 5.39 Å². The van der Waals surface area contributed by atoms with Crippen LogP contribution < -0.4 is 0 Å². The van der Waals surface area contributed by atoms with Gasteiger partial charge in [-0.25, -0.2) is 0 Å². The first-order valence-electron chi connectivity index (χ1n) is 4.57. The molecule has 4 nitrogen and oxygen atoms in total. The van der Waals surface area contributed by atoms with Gasteiger partial charge in [-0.2, -0.15) is 0 Å². The van der Waals surface area contributed by atoms with Crippen LogP contribution in [0.1, 0.15) is 20.7 Å². The van der Waals surface area contributed by atoms with Crippen LogP contribution in [0.2, 0.25) is 0 Å². The van der Waals surface area contributed by atoms with Gasteiger partial charge in [-0.1, -0.05) is 12.1 Å². The quantitative estimate of drug-likeness (QED) is 0.751. The average Bonchev–Trinajstić information content (AvgIpc) is 2.29. The fraction of sp³-hybridized carbons (Fsp3) is 0. The van der Waals surface area contributed by atoms with Gasteiger partial charge in [-0.15, -0.1) is 0 Å². The Bertz CT molecular complexity index is 538. The standard InChI is InChI=1S/C12H8O4/c13-5-8-10(15)3-1-7-2-4-11(16)9(6-14)12(7)8/h1-6,15-16H. The van der Waals surface area contributed by atoms with E-state index in [4.69, 9.17) is 0 Å². The van der Waals surface area contributed by atoms with Crippen LogP contribution in [0.5, 0.6) is 11.5 Å². The summed E-state index contributed by atoms with van der Waals surface area (Å²) in [6.45, 7) is 0. The van der Waals surface area contributed by atoms with Crippen molar-refractivity contribution in [2.75, 3.05) is 0 Å². The number of phenolic OH excluding ortho intramolecular Hbond substituents is 2. The summed E-state index contributed by atoms with van der Waals surface area (Å²) in [6, 6.07) is 5.89. The lowest BCUT2D eigenvalue weighted by atomic mass is 9.99. The Morgan fingerprint density at radius 1 is 0.812 bits per heavy atom. The highest BCUT2D eigenvalue weighted by atomic mass is 16.3. The van der Waals surface area contributed by atoms with E-state index in [0.29, 0.717) is 18.0 Å². The number of aromatic hydroxyl groups is 2. The molecule has 2 aromatic carbocycles. The van der Waals surface area contributed by atoms with E-state index in [0.717, 1.165) is 0 Å². The van der Waals surface area contributed by atoms with Gasteiger partial charge in [0.25, 0.3) is 0 Å². The molecule has 0 fully saturated rings. The zero-order valence-corrected chi connectivity index (χ0v) is 8.18. The molecule has 0 aromatic heterocycles. The van der Waals surface area contributed by atoms with Crippen molar-refractivity contribution in [3.05, 3.63) is 35.4 Å². The Kier molecular flexibility index (Phi) is 2.32. The van der Waals surface area contributed by atoms with Crippen molar-refractivity contribution in [2.24, 2.45) is 0 Å². The number of benzene rings is 2. The topological polar surface area (TPSA) is 74.6 Å². The summed E-state index contributed by atoms with van der Waals surface area (Å²) in [7, 11) is 0. The van der Waals surface area contributed by atoms with E-state index in [1.165, 1.54) is 12.1 Å². The lowest BCUT2D eigenvalue weighted by molar-refractivity contribution is 0.111. The third-order valence-electron chi connectivity index (χ3n) is 2.46. The fourth-order valence-corrected chi connectivity index (χ4v) is 1.69. The maximum atomic E-state index is 10.9. The molecule has 0 saturated heterocycles. The summed E-state index contributed by atoms with van der Waals surface area (Å²) in [5.74, 6) is -0.424. The molecule has 0 bridgehead atoms. The highest BCUT2D eigenvalue weighted by molar-refractivity contribution is 6.09. The summed E-state index contributed by atoms with van der Waals surface area (Å²) < 4.78 is 0. The van der Waals surface area contributed by atoms with Crippen LogP contribution in [0, 0.1) is 0 Å². The number of hydrogen-bond acceptors (Lipinski definition) is 4. The number of carbonyl (C=O) groups is 2. The first-order valence-corrected chi connectivity index (χ1v) is 4.57. The summed E-state index contributed by atoms with van der Waals surface area (Å²) >= 11 is 0. The monoisotopic (exact) mass is 216 g/mol. The number of hydrogen-bond donors (Lipinski definition) is 2. The molecule has 2 aromatic rings. The smallest absolute Gasteiger partial charge is 0.154 e. The lowest BCUT2D eigenvalue weighted by Gasteiger charge is -2.07. The second-order valence-corrected chi connectivity index (χ2v) is 3.33. The first-order chi connectivity index (χ1) is 7.69. The Morgan fingerprint density at radius 3 is 1.62 bits per heavy atom. The molecular weight excluding hydrogens is 208 g/mol. The van der Waals surface area contributed by atoms with Gasteiger partial charge in [-0.05, 0) is 17.5 Å². The van der Waals surface area contributed by atoms with Crippen molar-refractivity contribution in [2.45, 2.75) is 0 Å². The summed E-state index contributed by atoms with van der Waals surface area (Å²) in [5.41, 5.74) is 0.0194. The molecule has 0 aliphatic heterocycles. The second-order valence-electron chi connectivity index (χ2n) is 3.33. The van der Waals surface area contributed by atoms with Crippen molar-refractivity contribution in [3.8, 4) is 11.5 Å². The molecule has 2 N–H and O–H groups in total. The molecule has 0 heterocycles. The molecule has 0 saturated carbocycles. The molecule has 0 aliphatic rings. The first kappa shape index (κ1) is 10.2. The van der Waals surface area contributed by atoms with E-state index in [1.54, 1.807) is 12.1 Å². The zero-order valence-electron chi connectivity index (χ0n) is 8.18. The van der Waals surface area contributed by atoms with Gasteiger partial charge in [0.2, 0.25) is 0 Å². The van der Waals surface area contributed by atoms with Crippen molar-refractivity contribution in [1.82, 2.24) is 0 Å². The second kappa shape index (κ2) is 3.66. The molecule has 2 rings (SSSR count).